The van der Waals surface area contributed by atoms with Crippen molar-refractivity contribution in [3.63, 3.8) is 0 Å². The molecule has 0 aliphatic heterocycles. The maximum absolute atomic E-state index is 13.2. The minimum absolute atomic E-state index is 0.0783. The molecule has 0 unspecified atom stereocenters. The minimum Gasteiger partial charge on any atom is -0.476 e. The molecule has 0 atom stereocenters. The molecule has 3 rings (SSSR count). The summed E-state index contributed by atoms with van der Waals surface area (Å²) in [5.74, 6) is -2.60. The Bertz CT molecular complexity index is 1000. The van der Waals surface area contributed by atoms with Crippen molar-refractivity contribution in [3.05, 3.63) is 70.6 Å². The van der Waals surface area contributed by atoms with Gasteiger partial charge in [0.15, 0.2) is 11.5 Å². The van der Waals surface area contributed by atoms with Gasteiger partial charge in [-0.25, -0.2) is 9.18 Å². The van der Waals surface area contributed by atoms with Crippen LogP contribution >= 0.6 is 11.6 Å². The molecule has 2 aromatic carbocycles. The van der Waals surface area contributed by atoms with Crippen molar-refractivity contribution in [2.75, 3.05) is 12.4 Å². The number of rotatable bonds is 5. The first-order valence-corrected chi connectivity index (χ1v) is 8.01. The highest BCUT2D eigenvalue weighted by Gasteiger charge is 2.26. The summed E-state index contributed by atoms with van der Waals surface area (Å²) in [6.07, 6.45) is 0. The number of methoxy groups -OCH3 is 1. The molecule has 0 saturated carbocycles. The fraction of sp³-hybridized carbons (Fsp3) is 0.0556. The Morgan fingerprint density at radius 3 is 2.33 bits per heavy atom. The number of amides is 1. The van der Waals surface area contributed by atoms with Crippen LogP contribution in [-0.4, -0.2) is 33.6 Å². The summed E-state index contributed by atoms with van der Waals surface area (Å²) in [4.78, 5) is 28.3. The number of carbonyl (C=O) groups excluding carboxylic acids is 1. The van der Waals surface area contributed by atoms with E-state index in [0.29, 0.717) is 10.7 Å². The van der Waals surface area contributed by atoms with Crippen LogP contribution in [0.3, 0.4) is 0 Å². The number of aromatic carboxylic acids is 1. The molecule has 0 spiro atoms. The molecule has 0 aliphatic rings. The lowest BCUT2D eigenvalue weighted by Gasteiger charge is -2.09. The molecule has 1 amide bonds. The van der Waals surface area contributed by atoms with Crippen LogP contribution in [0.2, 0.25) is 5.02 Å². The summed E-state index contributed by atoms with van der Waals surface area (Å²) in [6, 6.07) is 11.1. The number of benzene rings is 2. The fourth-order valence-electron chi connectivity index (χ4n) is 2.43. The number of nitrogens with one attached hydrogen (secondary N) is 1. The molecule has 0 bridgehead atoms. The molecule has 0 radical (unpaired) electrons. The highest BCUT2D eigenvalue weighted by molar-refractivity contribution is 6.30. The Morgan fingerprint density at radius 2 is 1.78 bits per heavy atom. The van der Waals surface area contributed by atoms with Crippen molar-refractivity contribution in [1.29, 1.82) is 0 Å². The van der Waals surface area contributed by atoms with Gasteiger partial charge in [0.05, 0.1) is 12.8 Å². The van der Waals surface area contributed by atoms with E-state index < -0.39 is 17.7 Å². The Hall–Kier alpha value is -3.39. The number of halogens is 2. The lowest BCUT2D eigenvalue weighted by molar-refractivity contribution is 0.0688. The number of carboxylic acids is 1. The standard InChI is InChI=1S/C18H13ClFN3O4/c1-27-18-22-15(21-16(24)10-2-4-11(19)5-3-10)14(17(25)26)23(18)13-8-6-12(20)7-9-13/h2-9H,1H3,(H,21,24)(H,25,26). The molecular formula is C18H13ClFN3O4. The molecule has 0 aliphatic carbocycles. The van der Waals surface area contributed by atoms with E-state index in [1.165, 1.54) is 60.2 Å². The van der Waals surface area contributed by atoms with Crippen molar-refractivity contribution in [2.45, 2.75) is 0 Å². The van der Waals surface area contributed by atoms with Gasteiger partial charge >= 0.3 is 12.0 Å². The normalized spacial score (nSPS) is 10.5. The summed E-state index contributed by atoms with van der Waals surface area (Å²) in [6.45, 7) is 0. The van der Waals surface area contributed by atoms with E-state index >= 15 is 0 Å². The summed E-state index contributed by atoms with van der Waals surface area (Å²) in [5.41, 5.74) is 0.247. The van der Waals surface area contributed by atoms with Gasteiger partial charge < -0.3 is 15.2 Å². The maximum atomic E-state index is 13.2. The van der Waals surface area contributed by atoms with Crippen LogP contribution in [0.5, 0.6) is 6.01 Å². The third kappa shape index (κ3) is 3.75. The van der Waals surface area contributed by atoms with E-state index in [9.17, 15) is 19.1 Å². The number of aromatic nitrogens is 2. The van der Waals surface area contributed by atoms with Crippen LogP contribution < -0.4 is 10.1 Å². The minimum atomic E-state index is -1.35. The van der Waals surface area contributed by atoms with Gasteiger partial charge in [-0.2, -0.15) is 4.98 Å². The Labute approximate surface area is 158 Å². The SMILES string of the molecule is COc1nc(NC(=O)c2ccc(Cl)cc2)c(C(=O)O)n1-c1ccc(F)cc1. The van der Waals surface area contributed by atoms with Gasteiger partial charge in [-0.3, -0.25) is 9.36 Å². The number of ether oxygens (including phenoxy) is 1. The van der Waals surface area contributed by atoms with Gasteiger partial charge in [0, 0.05) is 10.6 Å². The smallest absolute Gasteiger partial charge is 0.356 e. The van der Waals surface area contributed by atoms with E-state index in [-0.39, 0.29) is 23.1 Å². The van der Waals surface area contributed by atoms with Gasteiger partial charge in [0.1, 0.15) is 5.82 Å². The zero-order valence-corrected chi connectivity index (χ0v) is 14.7. The van der Waals surface area contributed by atoms with E-state index in [2.05, 4.69) is 10.3 Å². The topological polar surface area (TPSA) is 93.4 Å². The number of anilines is 1. The van der Waals surface area contributed by atoms with Crippen molar-refractivity contribution in [2.24, 2.45) is 0 Å². The van der Waals surface area contributed by atoms with Gasteiger partial charge in [-0.05, 0) is 48.5 Å². The van der Waals surface area contributed by atoms with Crippen LogP contribution in [-0.2, 0) is 0 Å². The first-order chi connectivity index (χ1) is 12.9. The molecule has 9 heteroatoms. The van der Waals surface area contributed by atoms with Gasteiger partial charge in [-0.15, -0.1) is 0 Å². The molecule has 138 valence electrons. The monoisotopic (exact) mass is 389 g/mol. The van der Waals surface area contributed by atoms with Gasteiger partial charge in [-0.1, -0.05) is 11.6 Å². The first kappa shape index (κ1) is 18.4. The van der Waals surface area contributed by atoms with Crippen molar-refractivity contribution < 1.29 is 23.8 Å². The number of hydrogen-bond donors (Lipinski definition) is 2. The summed E-state index contributed by atoms with van der Waals surface area (Å²) >= 11 is 5.80. The number of nitrogens with zero attached hydrogens (tertiary/aromatic N) is 2. The number of carbonyl (C=O) groups is 2. The second-order valence-corrected chi connectivity index (χ2v) is 5.81. The molecule has 1 heterocycles. The average molecular weight is 390 g/mol. The zero-order chi connectivity index (χ0) is 19.6. The summed E-state index contributed by atoms with van der Waals surface area (Å²) in [5, 5.41) is 12.5. The number of carboxylic acid groups (broad SMARTS) is 1. The summed E-state index contributed by atoms with van der Waals surface area (Å²) < 4.78 is 19.5. The molecule has 2 N–H and O–H groups in total. The van der Waals surface area contributed by atoms with Crippen LogP contribution in [0.4, 0.5) is 10.2 Å². The van der Waals surface area contributed by atoms with E-state index in [0.717, 1.165) is 0 Å². The number of hydrogen-bond acceptors (Lipinski definition) is 4. The van der Waals surface area contributed by atoms with Crippen LogP contribution in [0.25, 0.3) is 5.69 Å². The molecular weight excluding hydrogens is 377 g/mol. The quantitative estimate of drug-likeness (QED) is 0.695. The van der Waals surface area contributed by atoms with Gasteiger partial charge in [0.25, 0.3) is 5.91 Å². The Balaban J connectivity index is 2.05. The maximum Gasteiger partial charge on any atom is 0.356 e. The van der Waals surface area contributed by atoms with Crippen LogP contribution in [0.1, 0.15) is 20.8 Å². The number of imidazole rings is 1. The van der Waals surface area contributed by atoms with Crippen molar-refractivity contribution >= 4 is 29.3 Å². The van der Waals surface area contributed by atoms with E-state index in [4.69, 9.17) is 16.3 Å². The van der Waals surface area contributed by atoms with Gasteiger partial charge in [0.2, 0.25) is 0 Å². The highest BCUT2D eigenvalue weighted by Crippen LogP contribution is 2.28. The molecule has 3 aromatic rings. The second-order valence-electron chi connectivity index (χ2n) is 5.37. The molecule has 0 saturated heterocycles. The highest BCUT2D eigenvalue weighted by atomic mass is 35.5. The zero-order valence-electron chi connectivity index (χ0n) is 13.9. The van der Waals surface area contributed by atoms with E-state index in [1.807, 2.05) is 0 Å². The molecule has 0 fully saturated rings. The van der Waals surface area contributed by atoms with Crippen molar-refractivity contribution in [1.82, 2.24) is 9.55 Å². The van der Waals surface area contributed by atoms with Crippen LogP contribution in [0.15, 0.2) is 48.5 Å². The predicted octanol–water partition coefficient (Wildman–Crippen LogP) is 3.62. The largest absolute Gasteiger partial charge is 0.476 e. The van der Waals surface area contributed by atoms with E-state index in [1.54, 1.807) is 0 Å². The lowest BCUT2D eigenvalue weighted by Crippen LogP contribution is -2.16. The summed E-state index contributed by atoms with van der Waals surface area (Å²) in [7, 11) is 1.30. The Kier molecular flexibility index (Phi) is 5.09. The molecule has 1 aromatic heterocycles. The molecule has 27 heavy (non-hydrogen) atoms. The van der Waals surface area contributed by atoms with Crippen molar-refractivity contribution in [3.8, 4) is 11.7 Å². The third-order valence-corrected chi connectivity index (χ3v) is 3.91. The molecule has 7 nitrogen and oxygen atoms in total. The third-order valence-electron chi connectivity index (χ3n) is 3.65. The first-order valence-electron chi connectivity index (χ1n) is 7.63. The Morgan fingerprint density at radius 1 is 1.15 bits per heavy atom. The fourth-order valence-corrected chi connectivity index (χ4v) is 2.56. The van der Waals surface area contributed by atoms with Crippen LogP contribution in [0, 0.1) is 5.82 Å². The average Bonchev–Trinajstić information content (AvgIpc) is 3.01. The lowest BCUT2D eigenvalue weighted by atomic mass is 10.2. The second kappa shape index (κ2) is 7.46. The predicted molar refractivity (Wildman–Crippen MR) is 96.4 cm³/mol.